The Hall–Kier alpha value is -1.35. The number of ether oxygens (including phenoxy) is 1. The summed E-state index contributed by atoms with van der Waals surface area (Å²) in [7, 11) is -3.55. The number of carbonyl (C=O) groups is 1. The predicted molar refractivity (Wildman–Crippen MR) is 110 cm³/mol. The van der Waals surface area contributed by atoms with Crippen LogP contribution < -0.4 is 15.8 Å². The summed E-state index contributed by atoms with van der Waals surface area (Å²) in [6, 6.07) is 6.50. The molecule has 1 amide bonds. The van der Waals surface area contributed by atoms with Crippen molar-refractivity contribution in [2.24, 2.45) is 17.6 Å². The second kappa shape index (κ2) is 9.91. The summed E-state index contributed by atoms with van der Waals surface area (Å²) < 4.78 is 32.4. The van der Waals surface area contributed by atoms with E-state index in [9.17, 15) is 13.2 Å². The Bertz CT molecular complexity index is 745. The van der Waals surface area contributed by atoms with Gasteiger partial charge in [-0.2, -0.15) is 4.31 Å². The van der Waals surface area contributed by atoms with Crippen molar-refractivity contribution >= 4 is 28.3 Å². The van der Waals surface area contributed by atoms with E-state index in [2.05, 4.69) is 5.32 Å². The third kappa shape index (κ3) is 5.59. The maximum absolute atomic E-state index is 12.8. The van der Waals surface area contributed by atoms with Gasteiger partial charge in [-0.15, -0.1) is 12.4 Å². The van der Waals surface area contributed by atoms with Crippen LogP contribution in [0.2, 0.25) is 0 Å². The molecular formula is C19H30ClN3O4S. The number of benzene rings is 1. The van der Waals surface area contributed by atoms with Crippen molar-refractivity contribution in [3.8, 4) is 5.75 Å². The number of hydrogen-bond acceptors (Lipinski definition) is 5. The number of carbonyl (C=O) groups excluding carboxylic acids is 1. The first-order valence-electron chi connectivity index (χ1n) is 9.68. The molecule has 1 unspecified atom stereocenters. The molecule has 1 aromatic carbocycles. The first-order valence-corrected chi connectivity index (χ1v) is 11.1. The molecule has 28 heavy (non-hydrogen) atoms. The molecule has 1 aromatic rings. The van der Waals surface area contributed by atoms with E-state index in [1.807, 2.05) is 6.92 Å². The molecule has 9 heteroatoms. The zero-order valence-corrected chi connectivity index (χ0v) is 17.8. The van der Waals surface area contributed by atoms with E-state index in [1.165, 1.54) is 4.31 Å². The van der Waals surface area contributed by atoms with Gasteiger partial charge in [0.2, 0.25) is 15.9 Å². The Kier molecular flexibility index (Phi) is 8.12. The molecule has 0 bridgehead atoms. The molecule has 1 atom stereocenters. The Morgan fingerprint density at radius 1 is 1.21 bits per heavy atom. The molecule has 1 saturated carbocycles. The first-order chi connectivity index (χ1) is 12.9. The number of nitrogens with two attached hydrogens (primary N) is 1. The molecule has 158 valence electrons. The monoisotopic (exact) mass is 431 g/mol. The van der Waals surface area contributed by atoms with E-state index in [0.717, 1.165) is 12.8 Å². The number of amides is 1. The Balaban J connectivity index is 0.00000280. The van der Waals surface area contributed by atoms with Crippen molar-refractivity contribution in [3.63, 3.8) is 0 Å². The smallest absolute Gasteiger partial charge is 0.243 e. The maximum atomic E-state index is 12.8. The molecule has 2 aliphatic rings. The van der Waals surface area contributed by atoms with Crippen molar-refractivity contribution in [3.05, 3.63) is 24.3 Å². The van der Waals surface area contributed by atoms with Crippen LogP contribution in [0.1, 0.15) is 32.6 Å². The summed E-state index contributed by atoms with van der Waals surface area (Å²) in [5.74, 6) is 1.04. The van der Waals surface area contributed by atoms with E-state index in [1.54, 1.807) is 24.3 Å². The number of nitrogens with one attached hydrogen (secondary N) is 1. The molecular weight excluding hydrogens is 402 g/mol. The maximum Gasteiger partial charge on any atom is 0.243 e. The fraction of sp³-hybridized carbons (Fsp3) is 0.632. The average Bonchev–Trinajstić information content (AvgIpc) is 3.52. The van der Waals surface area contributed by atoms with Crippen molar-refractivity contribution in [1.82, 2.24) is 9.62 Å². The molecule has 2 fully saturated rings. The second-order valence-electron chi connectivity index (χ2n) is 7.33. The van der Waals surface area contributed by atoms with Gasteiger partial charge < -0.3 is 15.8 Å². The minimum atomic E-state index is -3.55. The van der Waals surface area contributed by atoms with Gasteiger partial charge in [0.25, 0.3) is 0 Å². The van der Waals surface area contributed by atoms with E-state index < -0.39 is 10.0 Å². The van der Waals surface area contributed by atoms with Crippen LogP contribution in [0.5, 0.6) is 5.75 Å². The molecule has 1 aliphatic carbocycles. The number of hydrogen-bond donors (Lipinski definition) is 2. The Morgan fingerprint density at radius 3 is 2.36 bits per heavy atom. The van der Waals surface area contributed by atoms with Crippen LogP contribution in [0, 0.1) is 11.8 Å². The molecule has 3 rings (SSSR count). The summed E-state index contributed by atoms with van der Waals surface area (Å²) in [4.78, 5) is 12.6. The topological polar surface area (TPSA) is 102 Å². The normalized spacial score (nSPS) is 19.5. The molecule has 7 nitrogen and oxygen atoms in total. The minimum Gasteiger partial charge on any atom is -0.494 e. The van der Waals surface area contributed by atoms with Crippen molar-refractivity contribution in [2.45, 2.75) is 43.5 Å². The van der Waals surface area contributed by atoms with E-state index in [4.69, 9.17) is 10.5 Å². The predicted octanol–water partition coefficient (Wildman–Crippen LogP) is 1.76. The Morgan fingerprint density at radius 2 is 1.82 bits per heavy atom. The lowest BCUT2D eigenvalue weighted by molar-refractivity contribution is -0.126. The summed E-state index contributed by atoms with van der Waals surface area (Å²) in [5, 5.41) is 2.93. The third-order valence-corrected chi connectivity index (χ3v) is 7.25. The van der Waals surface area contributed by atoms with Crippen LogP contribution in [-0.2, 0) is 14.8 Å². The molecule has 0 aromatic heterocycles. The van der Waals surface area contributed by atoms with Gasteiger partial charge in [0.1, 0.15) is 5.75 Å². The van der Waals surface area contributed by atoms with Gasteiger partial charge in [0.15, 0.2) is 0 Å². The van der Waals surface area contributed by atoms with Crippen molar-refractivity contribution < 1.29 is 17.9 Å². The van der Waals surface area contributed by atoms with Gasteiger partial charge in [0.05, 0.1) is 11.5 Å². The fourth-order valence-corrected chi connectivity index (χ4v) is 4.91. The highest BCUT2D eigenvalue weighted by atomic mass is 35.5. The lowest BCUT2D eigenvalue weighted by Gasteiger charge is -2.30. The molecule has 0 radical (unpaired) electrons. The zero-order valence-electron chi connectivity index (χ0n) is 16.2. The highest BCUT2D eigenvalue weighted by molar-refractivity contribution is 7.89. The van der Waals surface area contributed by atoms with Gasteiger partial charge in [-0.1, -0.05) is 0 Å². The van der Waals surface area contributed by atoms with Crippen LogP contribution in [0.25, 0.3) is 0 Å². The van der Waals surface area contributed by atoms with E-state index in [-0.39, 0.29) is 35.2 Å². The number of halogens is 1. The minimum absolute atomic E-state index is 0. The van der Waals surface area contributed by atoms with Crippen LogP contribution in [0.15, 0.2) is 29.2 Å². The van der Waals surface area contributed by atoms with Crippen LogP contribution in [0.3, 0.4) is 0 Å². The van der Waals surface area contributed by atoms with Crippen molar-refractivity contribution in [2.75, 3.05) is 26.2 Å². The zero-order chi connectivity index (χ0) is 19.4. The average molecular weight is 432 g/mol. The highest BCUT2D eigenvalue weighted by Gasteiger charge is 2.33. The summed E-state index contributed by atoms with van der Waals surface area (Å²) in [5.41, 5.74) is 6.02. The Labute approximate surface area is 173 Å². The summed E-state index contributed by atoms with van der Waals surface area (Å²) >= 11 is 0. The first kappa shape index (κ1) is 22.9. The van der Waals surface area contributed by atoms with Gasteiger partial charge in [-0.3, -0.25) is 4.79 Å². The molecule has 1 aliphatic heterocycles. The number of rotatable bonds is 8. The van der Waals surface area contributed by atoms with E-state index in [0.29, 0.717) is 50.8 Å². The van der Waals surface area contributed by atoms with Crippen LogP contribution in [-0.4, -0.2) is 50.9 Å². The fourth-order valence-electron chi connectivity index (χ4n) is 3.44. The van der Waals surface area contributed by atoms with Gasteiger partial charge in [-0.25, -0.2) is 8.42 Å². The standard InChI is InChI=1S/C19H29N3O4S.ClH/c1-2-26-16-5-7-17(8-6-16)27(24,25)22-11-9-15(10-12-22)19(23)21-13-18(20)14-3-4-14;/h5-8,14-15,18H,2-4,9-13,20H2,1H3,(H,21,23);1H. The van der Waals surface area contributed by atoms with E-state index >= 15 is 0 Å². The third-order valence-electron chi connectivity index (χ3n) is 5.34. The highest BCUT2D eigenvalue weighted by Crippen LogP contribution is 2.31. The van der Waals surface area contributed by atoms with Gasteiger partial charge in [-0.05, 0) is 62.8 Å². The molecule has 1 saturated heterocycles. The second-order valence-corrected chi connectivity index (χ2v) is 9.27. The quantitative estimate of drug-likeness (QED) is 0.653. The summed E-state index contributed by atoms with van der Waals surface area (Å²) in [6.45, 7) is 3.62. The lowest BCUT2D eigenvalue weighted by atomic mass is 9.97. The molecule has 1 heterocycles. The van der Waals surface area contributed by atoms with Crippen LogP contribution in [0.4, 0.5) is 0 Å². The van der Waals surface area contributed by atoms with Crippen molar-refractivity contribution in [1.29, 1.82) is 0 Å². The van der Waals surface area contributed by atoms with Crippen LogP contribution >= 0.6 is 12.4 Å². The number of nitrogens with zero attached hydrogens (tertiary/aromatic N) is 1. The van der Waals surface area contributed by atoms with Gasteiger partial charge >= 0.3 is 0 Å². The molecule has 0 spiro atoms. The lowest BCUT2D eigenvalue weighted by Crippen LogP contribution is -2.45. The van der Waals surface area contributed by atoms with Gasteiger partial charge in [0, 0.05) is 31.6 Å². The largest absolute Gasteiger partial charge is 0.494 e. The molecule has 3 N–H and O–H groups in total. The SMILES string of the molecule is CCOc1ccc(S(=O)(=O)N2CCC(C(=O)NCC(N)C3CC3)CC2)cc1.Cl. The number of sulfonamides is 1. The number of piperidine rings is 1. The summed E-state index contributed by atoms with van der Waals surface area (Å²) in [6.07, 6.45) is 3.36.